The summed E-state index contributed by atoms with van der Waals surface area (Å²) in [4.78, 5) is 23.0. The van der Waals surface area contributed by atoms with E-state index in [0.29, 0.717) is 5.02 Å². The van der Waals surface area contributed by atoms with Crippen molar-refractivity contribution in [1.29, 1.82) is 0 Å². The van der Waals surface area contributed by atoms with Gasteiger partial charge in [-0.05, 0) is 50.1 Å². The number of benzene rings is 1. The fourth-order valence-corrected chi connectivity index (χ4v) is 1.75. The third-order valence-electron chi connectivity index (χ3n) is 2.32. The first-order valence-electron chi connectivity index (χ1n) is 6.10. The molecule has 1 aromatic rings. The molecule has 1 atom stereocenters. The first-order chi connectivity index (χ1) is 9.17. The Bertz CT molecular complexity index is 480. The highest BCUT2D eigenvalue weighted by molar-refractivity contribution is 6.64. The number of amides is 1. The molecule has 0 bridgehead atoms. The fraction of sp³-hybridized carbons (Fsp3) is 0.429. The van der Waals surface area contributed by atoms with Gasteiger partial charge in [-0.1, -0.05) is 23.7 Å². The molecule has 0 aromatic heterocycles. The zero-order valence-corrected chi connectivity index (χ0v) is 13.1. The van der Waals surface area contributed by atoms with Crippen LogP contribution in [0, 0.1) is 0 Å². The molecule has 20 heavy (non-hydrogen) atoms. The van der Waals surface area contributed by atoms with Crippen molar-refractivity contribution in [3.8, 4) is 0 Å². The molecule has 0 spiro atoms. The summed E-state index contributed by atoms with van der Waals surface area (Å²) >= 11 is 11.3. The largest absolute Gasteiger partial charge is 0.444 e. The second-order valence-corrected chi connectivity index (χ2v) is 6.14. The molecule has 0 unspecified atom stereocenters. The van der Waals surface area contributed by atoms with Crippen molar-refractivity contribution in [3.63, 3.8) is 0 Å². The van der Waals surface area contributed by atoms with E-state index in [1.54, 1.807) is 45.0 Å². The van der Waals surface area contributed by atoms with Gasteiger partial charge < -0.3 is 10.1 Å². The van der Waals surface area contributed by atoms with Gasteiger partial charge >= 0.3 is 6.09 Å². The van der Waals surface area contributed by atoms with Crippen LogP contribution >= 0.6 is 23.2 Å². The number of nitrogens with one attached hydrogen (secondary N) is 1. The SMILES string of the molecule is CC(C)(C)OC(=O)N[C@@H](Cc1ccc(Cl)cc1)C(=O)Cl. The Kier molecular flexibility index (Phi) is 5.84. The normalized spacial score (nSPS) is 12.7. The minimum Gasteiger partial charge on any atom is -0.444 e. The van der Waals surface area contributed by atoms with Crippen molar-refractivity contribution in [2.75, 3.05) is 0 Å². The smallest absolute Gasteiger partial charge is 0.408 e. The Balaban J connectivity index is 2.68. The molecule has 6 heteroatoms. The van der Waals surface area contributed by atoms with Crippen LogP contribution in [0.15, 0.2) is 24.3 Å². The Morgan fingerprint density at radius 3 is 2.25 bits per heavy atom. The Hall–Kier alpha value is -1.26. The van der Waals surface area contributed by atoms with Gasteiger partial charge in [-0.2, -0.15) is 0 Å². The van der Waals surface area contributed by atoms with Crippen molar-refractivity contribution in [3.05, 3.63) is 34.9 Å². The highest BCUT2D eigenvalue weighted by Gasteiger charge is 2.23. The number of carbonyl (C=O) groups is 2. The summed E-state index contributed by atoms with van der Waals surface area (Å²) in [5.74, 6) is 0. The Labute approximate surface area is 128 Å². The molecule has 1 aromatic carbocycles. The van der Waals surface area contributed by atoms with Gasteiger partial charge in [-0.3, -0.25) is 4.79 Å². The minimum absolute atomic E-state index is 0.277. The predicted molar refractivity (Wildman–Crippen MR) is 79.2 cm³/mol. The number of hydrogen-bond acceptors (Lipinski definition) is 3. The molecule has 0 saturated heterocycles. The van der Waals surface area contributed by atoms with E-state index in [2.05, 4.69) is 5.32 Å². The maximum Gasteiger partial charge on any atom is 0.408 e. The molecule has 0 aliphatic heterocycles. The van der Waals surface area contributed by atoms with Gasteiger partial charge in [0.25, 0.3) is 0 Å². The predicted octanol–water partition coefficient (Wildman–Crippen LogP) is 3.54. The lowest BCUT2D eigenvalue weighted by Crippen LogP contribution is -2.43. The molecule has 1 N–H and O–H groups in total. The molecule has 4 nitrogen and oxygen atoms in total. The molecule has 1 amide bonds. The van der Waals surface area contributed by atoms with Crippen LogP contribution in [-0.4, -0.2) is 23.0 Å². The van der Waals surface area contributed by atoms with E-state index in [4.69, 9.17) is 27.9 Å². The van der Waals surface area contributed by atoms with E-state index in [0.717, 1.165) is 5.56 Å². The summed E-state index contributed by atoms with van der Waals surface area (Å²) in [7, 11) is 0. The highest BCUT2D eigenvalue weighted by atomic mass is 35.5. The molecule has 0 aliphatic rings. The van der Waals surface area contributed by atoms with Crippen LogP contribution in [0.1, 0.15) is 26.3 Å². The van der Waals surface area contributed by atoms with Gasteiger partial charge in [0, 0.05) is 11.4 Å². The van der Waals surface area contributed by atoms with Gasteiger partial charge in [-0.25, -0.2) is 4.79 Å². The summed E-state index contributed by atoms with van der Waals surface area (Å²) < 4.78 is 5.09. The number of alkyl carbamates (subject to hydrolysis) is 1. The van der Waals surface area contributed by atoms with E-state index >= 15 is 0 Å². The molecule has 0 saturated carbocycles. The lowest BCUT2D eigenvalue weighted by atomic mass is 10.1. The molecular weight excluding hydrogens is 301 g/mol. The van der Waals surface area contributed by atoms with Crippen LogP contribution in [0.5, 0.6) is 0 Å². The van der Waals surface area contributed by atoms with Crippen molar-refractivity contribution < 1.29 is 14.3 Å². The van der Waals surface area contributed by atoms with Crippen LogP contribution in [0.2, 0.25) is 5.02 Å². The van der Waals surface area contributed by atoms with Crippen molar-refractivity contribution >= 4 is 34.5 Å². The van der Waals surface area contributed by atoms with E-state index in [-0.39, 0.29) is 6.42 Å². The third-order valence-corrected chi connectivity index (χ3v) is 2.83. The Morgan fingerprint density at radius 1 is 1.25 bits per heavy atom. The zero-order chi connectivity index (χ0) is 15.3. The maximum absolute atomic E-state index is 11.7. The molecule has 0 aliphatic carbocycles. The van der Waals surface area contributed by atoms with Gasteiger partial charge in [-0.15, -0.1) is 0 Å². The number of ether oxygens (including phenoxy) is 1. The van der Waals surface area contributed by atoms with Crippen LogP contribution in [0.3, 0.4) is 0 Å². The van der Waals surface area contributed by atoms with Crippen molar-refractivity contribution in [2.24, 2.45) is 0 Å². The third kappa shape index (κ3) is 6.26. The van der Waals surface area contributed by atoms with Crippen molar-refractivity contribution in [1.82, 2.24) is 5.32 Å². The summed E-state index contributed by atoms with van der Waals surface area (Å²) in [6.07, 6.45) is -0.399. The van der Waals surface area contributed by atoms with E-state index in [1.807, 2.05) is 0 Å². The summed E-state index contributed by atoms with van der Waals surface area (Å²) in [5.41, 5.74) is 0.203. The van der Waals surface area contributed by atoms with Crippen LogP contribution in [0.4, 0.5) is 4.79 Å². The van der Waals surface area contributed by atoms with Crippen LogP contribution in [-0.2, 0) is 16.0 Å². The molecule has 1 rings (SSSR count). The monoisotopic (exact) mass is 317 g/mol. The van der Waals surface area contributed by atoms with Crippen LogP contribution < -0.4 is 5.32 Å². The molecule has 0 fully saturated rings. The fourth-order valence-electron chi connectivity index (χ4n) is 1.49. The standard InChI is InChI=1S/C14H17Cl2NO3/c1-14(2,3)20-13(19)17-11(12(16)18)8-9-4-6-10(15)7-5-9/h4-7,11H,8H2,1-3H3,(H,17,19)/t11-/m0/s1. The quantitative estimate of drug-likeness (QED) is 0.864. The van der Waals surface area contributed by atoms with Crippen molar-refractivity contribution in [2.45, 2.75) is 38.8 Å². The second kappa shape index (κ2) is 6.95. The van der Waals surface area contributed by atoms with E-state index in [1.165, 1.54) is 0 Å². The summed E-state index contributed by atoms with van der Waals surface area (Å²) in [6.45, 7) is 5.22. The highest BCUT2D eigenvalue weighted by Crippen LogP contribution is 2.13. The van der Waals surface area contributed by atoms with Crippen LogP contribution in [0.25, 0.3) is 0 Å². The van der Waals surface area contributed by atoms with Gasteiger partial charge in [0.05, 0.1) is 0 Å². The summed E-state index contributed by atoms with van der Waals surface area (Å²) in [5, 5.41) is 2.41. The average Bonchev–Trinajstić information content (AvgIpc) is 2.28. The minimum atomic E-state index is -0.840. The molecule has 0 radical (unpaired) electrons. The number of carbonyl (C=O) groups excluding carboxylic acids is 2. The topological polar surface area (TPSA) is 55.4 Å². The van der Waals surface area contributed by atoms with Gasteiger partial charge in [0.15, 0.2) is 0 Å². The molecule has 0 heterocycles. The number of hydrogen-bond donors (Lipinski definition) is 1. The van der Waals surface area contributed by atoms with E-state index < -0.39 is 23.0 Å². The maximum atomic E-state index is 11.7. The lowest BCUT2D eigenvalue weighted by molar-refractivity contribution is -0.113. The summed E-state index contributed by atoms with van der Waals surface area (Å²) in [6, 6.07) is 6.12. The van der Waals surface area contributed by atoms with Gasteiger partial charge in [0.1, 0.15) is 11.6 Å². The zero-order valence-electron chi connectivity index (χ0n) is 11.6. The van der Waals surface area contributed by atoms with E-state index in [9.17, 15) is 9.59 Å². The average molecular weight is 318 g/mol. The van der Waals surface area contributed by atoms with Gasteiger partial charge in [0.2, 0.25) is 5.24 Å². The molecular formula is C14H17Cl2NO3. The number of rotatable bonds is 4. The first kappa shape index (κ1) is 16.8. The number of halogens is 2. The molecule has 110 valence electrons. The first-order valence-corrected chi connectivity index (χ1v) is 6.86. The Morgan fingerprint density at radius 2 is 1.80 bits per heavy atom. The lowest BCUT2D eigenvalue weighted by Gasteiger charge is -2.22. The second-order valence-electron chi connectivity index (χ2n) is 5.33.